The molecule has 2 fully saturated rings. The van der Waals surface area contributed by atoms with Crippen LogP contribution >= 0.6 is 11.6 Å². The number of fused-ring (bicyclic) bond motifs is 4. The summed E-state index contributed by atoms with van der Waals surface area (Å²) in [5.74, 6) is -5.14. The molecular weight excluding hydrogens is 462 g/mol. The topological polar surface area (TPSA) is 165 Å². The quantitative estimate of drug-likeness (QED) is 0.465. The van der Waals surface area contributed by atoms with Gasteiger partial charge in [-0.2, -0.15) is 0 Å². The maximum Gasteiger partial charge on any atom is 0.250 e. The monoisotopic (exact) mass is 481 g/mol. The van der Waals surface area contributed by atoms with E-state index in [4.69, 9.17) is 23.1 Å². The second kappa shape index (κ2) is 7.37. The highest BCUT2D eigenvalue weighted by molar-refractivity contribution is 6.32. The Bertz CT molecular complexity index is 1310. The van der Waals surface area contributed by atoms with Gasteiger partial charge in [0.1, 0.15) is 5.54 Å². The van der Waals surface area contributed by atoms with E-state index in [0.717, 1.165) is 4.90 Å². The molecule has 0 aliphatic carbocycles. The van der Waals surface area contributed by atoms with Crippen molar-refractivity contribution in [2.45, 2.75) is 24.9 Å². The molecule has 34 heavy (non-hydrogen) atoms. The van der Waals surface area contributed by atoms with Gasteiger partial charge in [-0.15, -0.1) is 0 Å². The fraction of sp³-hybridized carbons (Fsp3) is 0.261. The minimum Gasteiger partial charge on any atom is -0.370 e. The molecule has 3 heterocycles. The number of hydrogen-bond acceptors (Lipinski definition) is 6. The second-order valence-corrected chi connectivity index (χ2v) is 9.11. The van der Waals surface area contributed by atoms with Crippen LogP contribution in [-0.4, -0.2) is 35.6 Å². The smallest absolute Gasteiger partial charge is 0.250 e. The zero-order chi connectivity index (χ0) is 24.5. The zero-order valence-corrected chi connectivity index (χ0v) is 18.7. The van der Waals surface area contributed by atoms with Gasteiger partial charge in [0.25, 0.3) is 0 Å². The van der Waals surface area contributed by atoms with Crippen LogP contribution in [0.2, 0.25) is 5.02 Å². The van der Waals surface area contributed by atoms with Crippen molar-refractivity contribution >= 4 is 52.5 Å². The van der Waals surface area contributed by atoms with E-state index in [1.165, 1.54) is 24.3 Å². The Morgan fingerprint density at radius 1 is 1.06 bits per heavy atom. The molecule has 174 valence electrons. The number of carbonyl (C=O) groups is 5. The molecule has 0 bridgehead atoms. The first kappa shape index (κ1) is 22.1. The molecule has 11 heteroatoms. The van der Waals surface area contributed by atoms with Gasteiger partial charge in [-0.3, -0.25) is 29.3 Å². The highest BCUT2D eigenvalue weighted by Gasteiger charge is 2.70. The number of rotatable bonds is 4. The van der Waals surface area contributed by atoms with Crippen molar-refractivity contribution in [3.05, 3.63) is 58.1 Å². The van der Waals surface area contributed by atoms with Crippen molar-refractivity contribution in [1.29, 1.82) is 0 Å². The summed E-state index contributed by atoms with van der Waals surface area (Å²) in [6, 6.07) is 8.11. The van der Waals surface area contributed by atoms with Gasteiger partial charge in [0, 0.05) is 28.6 Å². The Morgan fingerprint density at radius 2 is 1.74 bits per heavy atom. The molecule has 5 amide bonds. The molecule has 6 N–H and O–H groups in total. The van der Waals surface area contributed by atoms with Crippen molar-refractivity contribution < 1.29 is 24.0 Å². The summed E-state index contributed by atoms with van der Waals surface area (Å²) in [5.41, 5.74) is 11.1. The van der Waals surface area contributed by atoms with Crippen molar-refractivity contribution in [2.24, 2.45) is 23.3 Å². The molecule has 10 nitrogen and oxygen atoms in total. The average Bonchev–Trinajstić information content (AvgIpc) is 3.35. The van der Waals surface area contributed by atoms with Crippen LogP contribution in [-0.2, 0) is 24.7 Å². The number of primary amides is 2. The minimum absolute atomic E-state index is 0.212. The van der Waals surface area contributed by atoms with Crippen LogP contribution in [0, 0.1) is 18.8 Å². The van der Waals surface area contributed by atoms with E-state index >= 15 is 0 Å². The number of amides is 5. The Morgan fingerprint density at radius 3 is 2.35 bits per heavy atom. The molecule has 3 aliphatic heterocycles. The van der Waals surface area contributed by atoms with E-state index in [2.05, 4.69) is 10.6 Å². The summed E-state index contributed by atoms with van der Waals surface area (Å²) < 4.78 is 0. The Hall–Kier alpha value is -3.76. The number of hydrogen-bond donors (Lipinski definition) is 4. The molecule has 3 aliphatic rings. The van der Waals surface area contributed by atoms with E-state index in [9.17, 15) is 24.0 Å². The third-order valence-electron chi connectivity index (χ3n) is 6.92. The molecule has 4 atom stereocenters. The summed E-state index contributed by atoms with van der Waals surface area (Å²) in [4.78, 5) is 65.0. The van der Waals surface area contributed by atoms with Crippen molar-refractivity contribution in [1.82, 2.24) is 5.32 Å². The van der Waals surface area contributed by atoms with E-state index < -0.39 is 53.0 Å². The van der Waals surface area contributed by atoms with Crippen LogP contribution in [0.4, 0.5) is 11.4 Å². The van der Waals surface area contributed by atoms with Crippen LogP contribution in [0.15, 0.2) is 36.4 Å². The maximum atomic E-state index is 13.8. The van der Waals surface area contributed by atoms with Gasteiger partial charge in [0.05, 0.1) is 23.2 Å². The average molecular weight is 482 g/mol. The van der Waals surface area contributed by atoms with Gasteiger partial charge >= 0.3 is 0 Å². The molecule has 0 radical (unpaired) electrons. The lowest BCUT2D eigenvalue weighted by atomic mass is 9.76. The van der Waals surface area contributed by atoms with Crippen LogP contribution in [0.25, 0.3) is 0 Å². The van der Waals surface area contributed by atoms with Gasteiger partial charge in [0.2, 0.25) is 29.5 Å². The lowest BCUT2D eigenvalue weighted by Crippen LogP contribution is -2.53. The minimum atomic E-state index is -1.58. The Balaban J connectivity index is 1.66. The van der Waals surface area contributed by atoms with E-state index in [1.54, 1.807) is 19.1 Å². The Labute approximate surface area is 198 Å². The van der Waals surface area contributed by atoms with Crippen LogP contribution in [0.5, 0.6) is 0 Å². The number of halogens is 1. The predicted octanol–water partition coefficient (Wildman–Crippen LogP) is 0.548. The lowest BCUT2D eigenvalue weighted by Gasteiger charge is -2.29. The molecule has 2 saturated heterocycles. The van der Waals surface area contributed by atoms with Crippen molar-refractivity contribution in [3.63, 3.8) is 0 Å². The summed E-state index contributed by atoms with van der Waals surface area (Å²) in [6.07, 6.45) is -0.244. The summed E-state index contributed by atoms with van der Waals surface area (Å²) in [7, 11) is 0. The number of benzene rings is 2. The largest absolute Gasteiger partial charge is 0.370 e. The van der Waals surface area contributed by atoms with Crippen LogP contribution in [0.1, 0.15) is 27.9 Å². The van der Waals surface area contributed by atoms with Gasteiger partial charge in [-0.1, -0.05) is 17.7 Å². The van der Waals surface area contributed by atoms with Gasteiger partial charge in [-0.05, 0) is 42.8 Å². The van der Waals surface area contributed by atoms with Crippen LogP contribution in [0.3, 0.4) is 0 Å². The molecule has 5 rings (SSSR count). The highest BCUT2D eigenvalue weighted by atomic mass is 35.5. The predicted molar refractivity (Wildman–Crippen MR) is 122 cm³/mol. The first-order valence-corrected chi connectivity index (χ1v) is 10.9. The van der Waals surface area contributed by atoms with E-state index in [-0.39, 0.29) is 17.7 Å². The Kier molecular flexibility index (Phi) is 4.78. The van der Waals surface area contributed by atoms with Crippen molar-refractivity contribution in [3.8, 4) is 0 Å². The number of anilines is 2. The zero-order valence-electron chi connectivity index (χ0n) is 17.9. The standard InChI is InChI=1S/C23H20ClN5O5/c1-9-13(24)7-6-12-18(9)27-22(34)23(12)17-16(14(28-23)8-15(25)30)20(32)29(21(17)33)11-4-2-10(3-5-11)19(26)31/h2-7,14,16-17,28H,8H2,1H3,(H2,25,30)(H2,26,31)(H,27,34). The summed E-state index contributed by atoms with van der Waals surface area (Å²) in [6.45, 7) is 1.74. The van der Waals surface area contributed by atoms with Gasteiger partial charge in [-0.25, -0.2) is 4.90 Å². The molecule has 2 aromatic carbocycles. The molecule has 4 unspecified atom stereocenters. The number of nitrogens with one attached hydrogen (secondary N) is 2. The highest BCUT2D eigenvalue weighted by Crippen LogP contribution is 2.55. The number of imide groups is 1. The third kappa shape index (κ3) is 2.82. The molecule has 1 spiro atoms. The maximum absolute atomic E-state index is 13.8. The first-order chi connectivity index (χ1) is 16.1. The van der Waals surface area contributed by atoms with Crippen LogP contribution < -0.4 is 27.0 Å². The third-order valence-corrected chi connectivity index (χ3v) is 7.33. The fourth-order valence-corrected chi connectivity index (χ4v) is 5.57. The number of nitrogens with zero attached hydrogens (tertiary/aromatic N) is 1. The SMILES string of the molecule is Cc1c(Cl)ccc2c1NC(=O)C21NC(CC(N)=O)C2C(=O)N(c3ccc(C(N)=O)cc3)C(=O)C21. The van der Waals surface area contributed by atoms with E-state index in [0.29, 0.717) is 21.8 Å². The second-order valence-electron chi connectivity index (χ2n) is 8.70. The number of nitrogens with two attached hydrogens (primary N) is 2. The molecule has 2 aromatic rings. The molecular formula is C23H20ClN5O5. The first-order valence-electron chi connectivity index (χ1n) is 10.5. The number of carbonyl (C=O) groups excluding carboxylic acids is 5. The van der Waals surface area contributed by atoms with Gasteiger partial charge in [0.15, 0.2) is 0 Å². The van der Waals surface area contributed by atoms with E-state index in [1.807, 2.05) is 0 Å². The normalized spacial score (nSPS) is 27.2. The fourth-order valence-electron chi connectivity index (χ4n) is 5.41. The summed E-state index contributed by atoms with van der Waals surface area (Å²) in [5, 5.41) is 6.36. The van der Waals surface area contributed by atoms with Crippen molar-refractivity contribution in [2.75, 3.05) is 10.2 Å². The lowest BCUT2D eigenvalue weighted by molar-refractivity contribution is -0.130. The summed E-state index contributed by atoms with van der Waals surface area (Å²) >= 11 is 6.24. The molecule has 0 aromatic heterocycles. The van der Waals surface area contributed by atoms with Gasteiger partial charge < -0.3 is 16.8 Å². The molecule has 0 saturated carbocycles.